The van der Waals surface area contributed by atoms with E-state index in [2.05, 4.69) is 72.3 Å². The zero-order valence-corrected chi connectivity index (χ0v) is 17.0. The standard InChI is InChI=1S/C6H18NSi2.C6H14N.3Li.H/c1-8(2,3)7-9(4,5)6;1-5(2)7-6(3)4;;;;/h1-6H3;5-6H,1-4H3;;;;/q2*-1;;2*+1;. The second-order valence-electron chi connectivity index (χ2n) is 6.79. The van der Waals surface area contributed by atoms with Gasteiger partial charge in [-0.2, -0.15) is 0 Å². The molecular weight excluding hydrogens is 249 g/mol. The van der Waals surface area contributed by atoms with Gasteiger partial charge in [-0.3, -0.25) is 0 Å². The molecule has 0 aromatic rings. The van der Waals surface area contributed by atoms with Crippen molar-refractivity contribution in [2.45, 2.75) is 79.1 Å². The minimum atomic E-state index is -1.11. The Labute approximate surface area is 161 Å². The van der Waals surface area contributed by atoms with E-state index in [4.69, 9.17) is 4.65 Å². The third-order valence-corrected chi connectivity index (χ3v) is 6.63. The van der Waals surface area contributed by atoms with Crippen LogP contribution in [0.5, 0.6) is 0 Å². The Balaban J connectivity index is -0.0000000607. The molecule has 0 saturated carbocycles. The van der Waals surface area contributed by atoms with Crippen molar-refractivity contribution in [2.75, 3.05) is 0 Å². The van der Waals surface area contributed by atoms with E-state index in [0.29, 0.717) is 12.1 Å². The van der Waals surface area contributed by atoms with Crippen molar-refractivity contribution >= 4 is 35.3 Å². The van der Waals surface area contributed by atoms with E-state index in [1.54, 1.807) is 0 Å². The first-order chi connectivity index (χ1) is 6.83. The van der Waals surface area contributed by atoms with Gasteiger partial charge in [-0.05, 0) is 0 Å². The molecule has 0 aliphatic heterocycles. The molecule has 0 amide bonds. The maximum atomic E-state index is 4.82. The Morgan fingerprint density at radius 2 is 0.842 bits per heavy atom. The second kappa shape index (κ2) is 15.1. The number of hydrogen-bond acceptors (Lipinski definition) is 0. The zero-order valence-electron chi connectivity index (χ0n) is 15.0. The summed E-state index contributed by atoms with van der Waals surface area (Å²) in [5.41, 5.74) is 0. The molecule has 0 radical (unpaired) electrons. The molecule has 0 aromatic heterocycles. The van der Waals surface area contributed by atoms with Crippen LogP contribution in [0, 0.1) is 0 Å². The van der Waals surface area contributed by atoms with E-state index < -0.39 is 16.5 Å². The summed E-state index contributed by atoms with van der Waals surface area (Å²) in [5, 5.41) is 4.28. The SMILES string of the molecule is CC(C)[N-]C(C)C.C[Si](C)(C)[N-][Si](C)(C)C.[Li+].[Li+].[LiH]. The molecule has 19 heavy (non-hydrogen) atoms. The normalized spacial score (nSPS) is 10.7. The van der Waals surface area contributed by atoms with Crippen LogP contribution in [-0.4, -0.2) is 47.4 Å². The molecule has 0 aromatic carbocycles. The van der Waals surface area contributed by atoms with Gasteiger partial charge < -0.3 is 9.96 Å². The van der Waals surface area contributed by atoms with Crippen LogP contribution >= 0.6 is 0 Å². The van der Waals surface area contributed by atoms with Gasteiger partial charge in [0.05, 0.1) is 0 Å². The molecule has 2 nitrogen and oxygen atoms in total. The summed E-state index contributed by atoms with van der Waals surface area (Å²) < 4.78 is 4.82. The van der Waals surface area contributed by atoms with Crippen LogP contribution < -0.4 is 37.7 Å². The summed E-state index contributed by atoms with van der Waals surface area (Å²) in [6.07, 6.45) is 0. The van der Waals surface area contributed by atoms with Gasteiger partial charge in [0.25, 0.3) is 0 Å². The van der Waals surface area contributed by atoms with Gasteiger partial charge in [0.2, 0.25) is 0 Å². The summed E-state index contributed by atoms with van der Waals surface area (Å²) in [5.74, 6) is 0. The molecule has 7 heteroatoms. The average molecular weight is 282 g/mol. The molecule has 0 saturated heterocycles. The molecule has 0 aliphatic rings. The van der Waals surface area contributed by atoms with Gasteiger partial charge in [-0.1, -0.05) is 83.4 Å². The fourth-order valence-corrected chi connectivity index (χ4v) is 9.65. The summed E-state index contributed by atoms with van der Waals surface area (Å²) in [6, 6.07) is 1.000. The van der Waals surface area contributed by atoms with Crippen LogP contribution in [0.1, 0.15) is 27.7 Å². The molecule has 0 atom stereocenters. The Morgan fingerprint density at radius 1 is 0.632 bits per heavy atom. The topological polar surface area (TPSA) is 28.2 Å². The number of hydrogen-bond donors (Lipinski definition) is 0. The van der Waals surface area contributed by atoms with Crippen LogP contribution in [-0.2, 0) is 0 Å². The third kappa shape index (κ3) is 45.0. The summed E-state index contributed by atoms with van der Waals surface area (Å²) in [6.45, 7) is 22.2. The Morgan fingerprint density at radius 3 is 0.842 bits per heavy atom. The van der Waals surface area contributed by atoms with E-state index in [1.165, 1.54) is 0 Å². The third-order valence-electron chi connectivity index (χ3n) is 1.27. The van der Waals surface area contributed by atoms with Crippen LogP contribution in [0.4, 0.5) is 0 Å². The van der Waals surface area contributed by atoms with Gasteiger partial charge >= 0.3 is 56.6 Å². The zero-order chi connectivity index (χ0) is 13.6. The van der Waals surface area contributed by atoms with Crippen LogP contribution in [0.3, 0.4) is 0 Å². The average Bonchev–Trinajstić information content (AvgIpc) is 1.72. The van der Waals surface area contributed by atoms with Crippen molar-refractivity contribution in [3.63, 3.8) is 0 Å². The Kier molecular flexibility index (Phi) is 26.1. The molecule has 0 heterocycles. The summed E-state index contributed by atoms with van der Waals surface area (Å²) in [4.78, 5) is 0. The second-order valence-corrected chi connectivity index (χ2v) is 16.4. The van der Waals surface area contributed by atoms with Crippen molar-refractivity contribution in [1.29, 1.82) is 0 Å². The van der Waals surface area contributed by atoms with Crippen molar-refractivity contribution < 1.29 is 37.7 Å². The first-order valence-electron chi connectivity index (χ1n) is 6.27. The van der Waals surface area contributed by atoms with Crippen LogP contribution in [0.25, 0.3) is 9.96 Å². The Bertz CT molecular complexity index is 161. The predicted octanol–water partition coefficient (Wildman–Crippen LogP) is -1.43. The van der Waals surface area contributed by atoms with E-state index in [9.17, 15) is 0 Å². The monoisotopic (exact) mass is 282 g/mol. The van der Waals surface area contributed by atoms with Crippen molar-refractivity contribution in [3.8, 4) is 0 Å². The van der Waals surface area contributed by atoms with E-state index in [-0.39, 0.29) is 56.6 Å². The van der Waals surface area contributed by atoms with Gasteiger partial charge in [0.15, 0.2) is 0 Å². The molecule has 0 rings (SSSR count). The van der Waals surface area contributed by atoms with Crippen LogP contribution in [0.2, 0.25) is 39.3 Å². The van der Waals surface area contributed by atoms with E-state index in [0.717, 1.165) is 0 Å². The fraction of sp³-hybridized carbons (Fsp3) is 1.00. The molecular formula is C12H33Li3N2Si2. The van der Waals surface area contributed by atoms with Crippen molar-refractivity contribution in [1.82, 2.24) is 0 Å². The van der Waals surface area contributed by atoms with Crippen molar-refractivity contribution in [2.24, 2.45) is 0 Å². The van der Waals surface area contributed by atoms with Gasteiger partial charge in [-0.25, -0.2) is 0 Å². The summed E-state index contributed by atoms with van der Waals surface area (Å²) >= 11 is 0. The van der Waals surface area contributed by atoms with Gasteiger partial charge in [-0.15, -0.1) is 12.1 Å². The Hall–Kier alpha value is 2.15. The molecule has 0 N–H and O–H groups in total. The van der Waals surface area contributed by atoms with Gasteiger partial charge in [0.1, 0.15) is 0 Å². The van der Waals surface area contributed by atoms with E-state index in [1.807, 2.05) is 0 Å². The van der Waals surface area contributed by atoms with E-state index >= 15 is 0 Å². The predicted molar refractivity (Wildman–Crippen MR) is 90.8 cm³/mol. The molecule has 0 unspecified atom stereocenters. The van der Waals surface area contributed by atoms with Gasteiger partial charge in [0, 0.05) is 0 Å². The number of rotatable bonds is 4. The molecule has 0 aliphatic carbocycles. The number of nitrogens with zero attached hydrogens (tertiary/aromatic N) is 2. The summed E-state index contributed by atoms with van der Waals surface area (Å²) in [7, 11) is -2.21. The maximum absolute atomic E-state index is 4.82. The van der Waals surface area contributed by atoms with Crippen LogP contribution in [0.15, 0.2) is 0 Å². The minimum absolute atomic E-state index is 0. The first-order valence-corrected chi connectivity index (χ1v) is 13.2. The molecule has 0 bridgehead atoms. The molecule has 102 valence electrons. The fourth-order valence-electron chi connectivity index (χ4n) is 1.60. The molecule has 0 spiro atoms. The molecule has 0 fully saturated rings. The van der Waals surface area contributed by atoms with Crippen molar-refractivity contribution in [3.05, 3.63) is 9.96 Å². The quantitative estimate of drug-likeness (QED) is 0.566. The first kappa shape index (κ1) is 32.9.